The fourth-order valence-electron chi connectivity index (χ4n) is 2.00. The summed E-state index contributed by atoms with van der Waals surface area (Å²) < 4.78 is 10.1. The van der Waals surface area contributed by atoms with E-state index in [4.69, 9.17) is 9.47 Å². The first kappa shape index (κ1) is 16.9. The summed E-state index contributed by atoms with van der Waals surface area (Å²) in [5.41, 5.74) is 0.997. The highest BCUT2D eigenvalue weighted by Gasteiger charge is 2.11. The number of amides is 1. The van der Waals surface area contributed by atoms with Crippen molar-refractivity contribution >= 4 is 17.7 Å². The number of benzene rings is 2. The van der Waals surface area contributed by atoms with Gasteiger partial charge in [-0.15, -0.1) is 0 Å². The number of nitriles is 1. The number of phenols is 1. The van der Waals surface area contributed by atoms with Gasteiger partial charge in [-0.2, -0.15) is 5.26 Å². The molecule has 0 heterocycles. The molecule has 2 aromatic rings. The summed E-state index contributed by atoms with van der Waals surface area (Å²) in [5.74, 6) is 0.291. The zero-order valence-electron chi connectivity index (χ0n) is 13.2. The summed E-state index contributed by atoms with van der Waals surface area (Å²) in [4.78, 5) is 12.2. The molecule has 122 valence electrons. The van der Waals surface area contributed by atoms with Crippen molar-refractivity contribution in [3.63, 3.8) is 0 Å². The molecule has 0 unspecified atom stereocenters. The minimum atomic E-state index is -0.544. The molecule has 6 nitrogen and oxygen atoms in total. The molecule has 0 atom stereocenters. The van der Waals surface area contributed by atoms with Crippen molar-refractivity contribution in [2.45, 2.75) is 0 Å². The Kier molecular flexibility index (Phi) is 5.42. The molecule has 0 fully saturated rings. The van der Waals surface area contributed by atoms with Crippen molar-refractivity contribution in [1.82, 2.24) is 0 Å². The predicted molar refractivity (Wildman–Crippen MR) is 89.9 cm³/mol. The Morgan fingerprint density at radius 1 is 1.21 bits per heavy atom. The zero-order valence-corrected chi connectivity index (χ0v) is 13.2. The molecule has 0 spiro atoms. The lowest BCUT2D eigenvalue weighted by atomic mass is 10.1. The standard InChI is InChI=1S/C18H16N2O4/c1-23-15-5-3-4-14(10-15)20-18(22)13(11-19)8-12-6-7-16(21)17(9-12)24-2/h3-10,21H,1-2H3,(H,20,22)/b13-8+. The van der Waals surface area contributed by atoms with Crippen LogP contribution >= 0.6 is 0 Å². The van der Waals surface area contributed by atoms with E-state index in [-0.39, 0.29) is 17.1 Å². The number of ether oxygens (including phenoxy) is 2. The second-order valence-corrected chi connectivity index (χ2v) is 4.79. The van der Waals surface area contributed by atoms with Gasteiger partial charge in [0.15, 0.2) is 11.5 Å². The largest absolute Gasteiger partial charge is 0.504 e. The number of nitrogens with one attached hydrogen (secondary N) is 1. The smallest absolute Gasteiger partial charge is 0.266 e. The summed E-state index contributed by atoms with van der Waals surface area (Å²) in [6.07, 6.45) is 1.41. The van der Waals surface area contributed by atoms with Crippen LogP contribution in [0.4, 0.5) is 5.69 Å². The van der Waals surface area contributed by atoms with E-state index in [0.29, 0.717) is 17.0 Å². The fourth-order valence-corrected chi connectivity index (χ4v) is 2.00. The van der Waals surface area contributed by atoms with E-state index < -0.39 is 5.91 Å². The van der Waals surface area contributed by atoms with Crippen molar-refractivity contribution in [3.05, 3.63) is 53.6 Å². The van der Waals surface area contributed by atoms with Crippen LogP contribution in [-0.4, -0.2) is 25.2 Å². The van der Waals surface area contributed by atoms with E-state index in [1.54, 1.807) is 30.3 Å². The van der Waals surface area contributed by atoms with Gasteiger partial charge in [-0.3, -0.25) is 4.79 Å². The number of aromatic hydroxyl groups is 1. The van der Waals surface area contributed by atoms with Crippen LogP contribution in [0.2, 0.25) is 0 Å². The monoisotopic (exact) mass is 324 g/mol. The SMILES string of the molecule is COc1cccc(NC(=O)/C(C#N)=C/c2ccc(O)c(OC)c2)c1. The minimum Gasteiger partial charge on any atom is -0.504 e. The highest BCUT2D eigenvalue weighted by molar-refractivity contribution is 6.09. The third-order valence-electron chi connectivity index (χ3n) is 3.21. The van der Waals surface area contributed by atoms with Gasteiger partial charge in [0.2, 0.25) is 0 Å². The van der Waals surface area contributed by atoms with Gasteiger partial charge >= 0.3 is 0 Å². The Morgan fingerprint density at radius 2 is 2.00 bits per heavy atom. The molecule has 6 heteroatoms. The zero-order chi connectivity index (χ0) is 17.5. The van der Waals surface area contributed by atoms with E-state index in [1.165, 1.54) is 32.4 Å². The van der Waals surface area contributed by atoms with Crippen LogP contribution in [0.25, 0.3) is 6.08 Å². The van der Waals surface area contributed by atoms with Crippen molar-refractivity contribution in [3.8, 4) is 23.3 Å². The molecule has 0 aliphatic carbocycles. The molecule has 2 rings (SSSR count). The van der Waals surface area contributed by atoms with Crippen LogP contribution in [-0.2, 0) is 4.79 Å². The molecule has 0 aliphatic heterocycles. The van der Waals surface area contributed by atoms with Gasteiger partial charge in [0, 0.05) is 11.8 Å². The van der Waals surface area contributed by atoms with Crippen LogP contribution in [0.3, 0.4) is 0 Å². The maximum atomic E-state index is 12.2. The van der Waals surface area contributed by atoms with E-state index in [1.807, 2.05) is 6.07 Å². The van der Waals surface area contributed by atoms with E-state index in [2.05, 4.69) is 5.32 Å². The first-order valence-electron chi connectivity index (χ1n) is 7.01. The molecular weight excluding hydrogens is 308 g/mol. The van der Waals surface area contributed by atoms with Crippen LogP contribution in [0, 0.1) is 11.3 Å². The lowest BCUT2D eigenvalue weighted by molar-refractivity contribution is -0.112. The molecule has 0 aromatic heterocycles. The molecular formula is C18H16N2O4. The molecule has 0 saturated carbocycles. The first-order chi connectivity index (χ1) is 11.6. The second kappa shape index (κ2) is 7.70. The van der Waals surface area contributed by atoms with Crippen molar-refractivity contribution in [2.24, 2.45) is 0 Å². The van der Waals surface area contributed by atoms with Gasteiger partial charge in [0.25, 0.3) is 5.91 Å². The van der Waals surface area contributed by atoms with Gasteiger partial charge < -0.3 is 19.9 Å². The van der Waals surface area contributed by atoms with Crippen molar-refractivity contribution in [1.29, 1.82) is 5.26 Å². The molecule has 2 N–H and O–H groups in total. The molecule has 0 bridgehead atoms. The Labute approximate surface area is 139 Å². The van der Waals surface area contributed by atoms with E-state index >= 15 is 0 Å². The number of hydrogen-bond donors (Lipinski definition) is 2. The van der Waals surface area contributed by atoms with Crippen LogP contribution < -0.4 is 14.8 Å². The maximum absolute atomic E-state index is 12.2. The molecule has 0 saturated heterocycles. The summed E-state index contributed by atoms with van der Waals surface area (Å²) in [7, 11) is 2.95. The van der Waals surface area contributed by atoms with Gasteiger partial charge in [-0.1, -0.05) is 12.1 Å². The number of methoxy groups -OCH3 is 2. The number of phenolic OH excluding ortho intramolecular Hbond substituents is 1. The predicted octanol–water partition coefficient (Wildman–Crippen LogP) is 2.96. The number of anilines is 1. The van der Waals surface area contributed by atoms with Gasteiger partial charge in [-0.25, -0.2) is 0 Å². The Morgan fingerprint density at radius 3 is 2.67 bits per heavy atom. The third kappa shape index (κ3) is 4.05. The summed E-state index contributed by atoms with van der Waals surface area (Å²) >= 11 is 0. The molecule has 1 amide bonds. The first-order valence-corrected chi connectivity index (χ1v) is 7.01. The Hall–Kier alpha value is -3.46. The summed E-state index contributed by atoms with van der Waals surface area (Å²) in [6.45, 7) is 0. The maximum Gasteiger partial charge on any atom is 0.266 e. The van der Waals surface area contributed by atoms with Gasteiger partial charge in [0.05, 0.1) is 14.2 Å². The highest BCUT2D eigenvalue weighted by atomic mass is 16.5. The number of carbonyl (C=O) groups is 1. The Bertz CT molecular complexity index is 822. The number of rotatable bonds is 5. The number of carbonyl (C=O) groups excluding carboxylic acids is 1. The molecule has 0 aliphatic rings. The number of nitrogens with zero attached hydrogens (tertiary/aromatic N) is 1. The normalized spacial score (nSPS) is 10.6. The minimum absolute atomic E-state index is 0.0195. The van der Waals surface area contributed by atoms with E-state index in [9.17, 15) is 15.2 Å². The second-order valence-electron chi connectivity index (χ2n) is 4.79. The lowest BCUT2D eigenvalue weighted by Gasteiger charge is -2.07. The average Bonchev–Trinajstić information content (AvgIpc) is 2.60. The third-order valence-corrected chi connectivity index (χ3v) is 3.21. The summed E-state index contributed by atoms with van der Waals surface area (Å²) in [6, 6.07) is 13.2. The van der Waals surface area contributed by atoms with Gasteiger partial charge in [0.1, 0.15) is 17.4 Å². The fraction of sp³-hybridized carbons (Fsp3) is 0.111. The Balaban J connectivity index is 2.23. The summed E-state index contributed by atoms with van der Waals surface area (Å²) in [5, 5.41) is 21.4. The molecule has 2 aromatic carbocycles. The quantitative estimate of drug-likeness (QED) is 0.652. The average molecular weight is 324 g/mol. The topological polar surface area (TPSA) is 91.6 Å². The van der Waals surface area contributed by atoms with Crippen molar-refractivity contribution in [2.75, 3.05) is 19.5 Å². The van der Waals surface area contributed by atoms with Crippen molar-refractivity contribution < 1.29 is 19.4 Å². The van der Waals surface area contributed by atoms with Gasteiger partial charge in [-0.05, 0) is 35.9 Å². The molecule has 0 radical (unpaired) electrons. The highest BCUT2D eigenvalue weighted by Crippen LogP contribution is 2.27. The van der Waals surface area contributed by atoms with Crippen LogP contribution in [0.5, 0.6) is 17.2 Å². The lowest BCUT2D eigenvalue weighted by Crippen LogP contribution is -2.13. The number of hydrogen-bond acceptors (Lipinski definition) is 5. The van der Waals surface area contributed by atoms with E-state index in [0.717, 1.165) is 0 Å². The van der Waals surface area contributed by atoms with Crippen LogP contribution in [0.15, 0.2) is 48.0 Å². The van der Waals surface area contributed by atoms with Crippen LogP contribution in [0.1, 0.15) is 5.56 Å². The molecule has 24 heavy (non-hydrogen) atoms.